The molecule has 23 nitrogen and oxygen atoms in total. The summed E-state index contributed by atoms with van der Waals surface area (Å²) in [5.74, 6) is 2.12. The molecule has 1 aromatic heterocycles. The lowest BCUT2D eigenvalue weighted by Crippen LogP contribution is -2.54. The van der Waals surface area contributed by atoms with Crippen molar-refractivity contribution in [2.24, 2.45) is 5.73 Å². The van der Waals surface area contributed by atoms with Crippen molar-refractivity contribution >= 4 is 46.2 Å². The fourth-order valence-corrected chi connectivity index (χ4v) is 11.2. The van der Waals surface area contributed by atoms with Crippen LogP contribution in [0.5, 0.6) is 17.2 Å². The van der Waals surface area contributed by atoms with E-state index in [2.05, 4.69) is 96.0 Å². The van der Waals surface area contributed by atoms with Crippen molar-refractivity contribution in [1.29, 1.82) is 0 Å². The van der Waals surface area contributed by atoms with E-state index in [1.807, 2.05) is 72.8 Å². The normalized spacial score (nSPS) is 18.8. The van der Waals surface area contributed by atoms with Gasteiger partial charge in [-0.2, -0.15) is 0 Å². The molecule has 6 aromatic rings. The summed E-state index contributed by atoms with van der Waals surface area (Å²) < 4.78 is 30.0. The first-order valence-corrected chi connectivity index (χ1v) is 32.5. The number of hydrogen-bond acceptors (Lipinski definition) is 19. The number of carbonyl (C=O) groups excluding carboxylic acids is 2. The van der Waals surface area contributed by atoms with Crippen LogP contribution in [-0.2, 0) is 5.41 Å². The minimum Gasteiger partial charge on any atom is -0.490 e. The number of non-ortho nitro benzene ring substituents is 2. The lowest BCUT2D eigenvalue weighted by molar-refractivity contribution is -0.385. The highest BCUT2D eigenvalue weighted by Gasteiger charge is 2.32. The molecule has 0 unspecified atom stereocenters. The molecule has 508 valence electrons. The van der Waals surface area contributed by atoms with Crippen molar-refractivity contribution in [3.8, 4) is 17.2 Å². The van der Waals surface area contributed by atoms with Crippen molar-refractivity contribution in [2.45, 2.75) is 134 Å². The standard InChI is InChI=1S/C34H45N7O3.C12H16N2O3.C12H18N2O.C6H4FNO2.C6H13NO/c1-22-28(38-33(43)23-8-10-24(11-9-23)34(2,3)4)7-6-18-41(22)29-21-36-30(31(35)42)32(39-29)37-25-12-14-26(15-13-25)44-27-16-19-40(5)20-17-27;1-13-8-6-12(7-9-13)17-11-4-2-10(3-5-11)14(15)16;1-14-8-6-12(7-9-14)15-11-4-2-10(13)3-5-11;7-5-1-3-6(4-2-5)8(9)10;1-7-4-2-6(8)3-5-7/h8-15,21-22,27-28H,6-7,16-20H2,1-5H3,(H2,35,42)(H,37,39)(H,38,43);2-5,12H,6-9H2,1H3;2-5,12H,6-9,13H2,1H3;1-4H;6,8H,2-5H2,1H3/t22-,28-;;;;/m1..../s1. The lowest BCUT2D eigenvalue weighted by atomic mass is 9.86. The zero-order valence-electron chi connectivity index (χ0n) is 55.7. The highest BCUT2D eigenvalue weighted by molar-refractivity contribution is 5.96. The van der Waals surface area contributed by atoms with Crippen LogP contribution in [0.2, 0.25) is 0 Å². The molecule has 5 saturated heterocycles. The fraction of sp³-hybridized carbons (Fsp3) is 0.486. The summed E-state index contributed by atoms with van der Waals surface area (Å²) in [5.41, 5.74) is 14.7. The number of nitrogen functional groups attached to an aromatic ring is 1. The predicted molar refractivity (Wildman–Crippen MR) is 366 cm³/mol. The van der Waals surface area contributed by atoms with Crippen LogP contribution >= 0.6 is 0 Å². The average Bonchev–Trinajstić information content (AvgIpc) is 0.872. The summed E-state index contributed by atoms with van der Waals surface area (Å²) in [4.78, 5) is 65.4. The lowest BCUT2D eigenvalue weighted by Gasteiger charge is -2.40. The molecule has 0 aliphatic carbocycles. The Balaban J connectivity index is 0.000000201. The van der Waals surface area contributed by atoms with E-state index in [-0.39, 0.29) is 64.6 Å². The number of hydrogen-bond donors (Lipinski definition) is 5. The number of nitro benzene ring substituents is 2. The molecule has 0 spiro atoms. The minimum atomic E-state index is -0.664. The Hall–Kier alpha value is -8.55. The number of ether oxygens (including phenoxy) is 3. The molecule has 7 N–H and O–H groups in total. The van der Waals surface area contributed by atoms with Crippen LogP contribution in [0.25, 0.3) is 0 Å². The topological polar surface area (TPSA) is 286 Å². The number of aliphatic hydroxyl groups excluding tert-OH is 1. The third-order valence-corrected chi connectivity index (χ3v) is 17.3. The molecular weight excluding hydrogens is 1200 g/mol. The van der Waals surface area contributed by atoms with Gasteiger partial charge in [0.1, 0.15) is 47.2 Å². The Labute approximate surface area is 552 Å². The molecule has 5 aliphatic rings. The number of nitrogens with two attached hydrogens (primary N) is 2. The van der Waals surface area contributed by atoms with E-state index in [0.29, 0.717) is 23.2 Å². The molecule has 5 aliphatic heterocycles. The first-order chi connectivity index (χ1) is 44.8. The van der Waals surface area contributed by atoms with Crippen molar-refractivity contribution in [3.63, 3.8) is 0 Å². The first-order valence-electron chi connectivity index (χ1n) is 32.5. The fourth-order valence-electron chi connectivity index (χ4n) is 11.2. The van der Waals surface area contributed by atoms with Gasteiger partial charge in [-0.3, -0.25) is 29.8 Å². The number of rotatable bonds is 14. The summed E-state index contributed by atoms with van der Waals surface area (Å²) in [6.07, 6.45) is 12.2. The van der Waals surface area contributed by atoms with Gasteiger partial charge in [0.2, 0.25) is 0 Å². The highest BCUT2D eigenvalue weighted by atomic mass is 19.1. The van der Waals surface area contributed by atoms with Crippen LogP contribution in [0.1, 0.15) is 118 Å². The monoisotopic (exact) mass is 1300 g/mol. The maximum absolute atomic E-state index is 13.2. The zero-order valence-corrected chi connectivity index (χ0v) is 55.7. The Morgan fingerprint density at radius 2 is 1.02 bits per heavy atom. The summed E-state index contributed by atoms with van der Waals surface area (Å²) >= 11 is 0. The molecule has 5 aromatic carbocycles. The highest BCUT2D eigenvalue weighted by Crippen LogP contribution is 2.30. The van der Waals surface area contributed by atoms with Gasteiger partial charge in [-0.15, -0.1) is 0 Å². The molecule has 0 saturated carbocycles. The van der Waals surface area contributed by atoms with E-state index in [9.17, 15) is 34.2 Å². The van der Waals surface area contributed by atoms with E-state index < -0.39 is 21.6 Å². The predicted octanol–water partition coefficient (Wildman–Crippen LogP) is 10.5. The second kappa shape index (κ2) is 35.6. The molecule has 6 heterocycles. The third kappa shape index (κ3) is 23.8. The number of likely N-dealkylation sites (tertiary alicyclic amines) is 4. The van der Waals surface area contributed by atoms with E-state index >= 15 is 0 Å². The SMILES string of the molecule is CN1CCC(O)CC1.CN1CCC(Oc2ccc(N)cc2)CC1.CN1CCC(Oc2ccc([N+](=O)[O-])cc2)CC1.C[C@@H]1[C@H](NC(=O)c2ccc(C(C)(C)C)cc2)CCCN1c1cnc(C(N)=O)c(Nc2ccc(OC3CCN(C)CC3)cc2)n1.O=[N+]([O-])c1ccc(F)cc1. The smallest absolute Gasteiger partial charge is 0.271 e. The average molecular weight is 1300 g/mol. The summed E-state index contributed by atoms with van der Waals surface area (Å²) in [5, 5.41) is 36.0. The Kier molecular flexibility index (Phi) is 27.6. The first kappa shape index (κ1) is 72.9. The van der Waals surface area contributed by atoms with Gasteiger partial charge >= 0.3 is 0 Å². The van der Waals surface area contributed by atoms with Crippen molar-refractivity contribution in [2.75, 3.05) is 103 Å². The van der Waals surface area contributed by atoms with Crippen LogP contribution in [0.3, 0.4) is 0 Å². The number of nitrogens with one attached hydrogen (secondary N) is 2. The molecule has 24 heteroatoms. The number of halogens is 1. The molecule has 94 heavy (non-hydrogen) atoms. The number of nitrogens with zero attached hydrogens (tertiary/aromatic N) is 9. The van der Waals surface area contributed by atoms with Gasteiger partial charge in [0.05, 0.1) is 22.1 Å². The van der Waals surface area contributed by atoms with Gasteiger partial charge in [0.15, 0.2) is 11.5 Å². The Morgan fingerprint density at radius 1 is 0.606 bits per heavy atom. The molecule has 11 rings (SSSR count). The Bertz CT molecular complexity index is 3290. The van der Waals surface area contributed by atoms with Crippen molar-refractivity contribution < 1.29 is 43.1 Å². The third-order valence-electron chi connectivity index (χ3n) is 17.3. The molecular formula is C70H96FN13O10. The largest absolute Gasteiger partial charge is 0.490 e. The quantitative estimate of drug-likeness (QED) is 0.0385. The number of amides is 2. The van der Waals surface area contributed by atoms with E-state index in [1.165, 1.54) is 17.7 Å². The number of carbonyl (C=O) groups is 2. The number of piperidine rings is 5. The maximum atomic E-state index is 13.2. The molecule has 5 fully saturated rings. The molecule has 0 bridgehead atoms. The van der Waals surface area contributed by atoms with E-state index in [0.717, 1.165) is 170 Å². The van der Waals surface area contributed by atoms with Crippen LogP contribution < -0.4 is 41.2 Å². The van der Waals surface area contributed by atoms with Gasteiger partial charge in [0, 0.05) is 112 Å². The van der Waals surface area contributed by atoms with Crippen LogP contribution in [0, 0.1) is 26.0 Å². The Morgan fingerprint density at radius 3 is 1.44 bits per heavy atom. The number of aromatic nitrogens is 2. The van der Waals surface area contributed by atoms with Gasteiger partial charge < -0.3 is 65.9 Å². The van der Waals surface area contributed by atoms with Crippen LogP contribution in [0.15, 0.2) is 128 Å². The number of anilines is 4. The van der Waals surface area contributed by atoms with E-state index in [4.69, 9.17) is 35.8 Å². The van der Waals surface area contributed by atoms with Crippen molar-refractivity contribution in [3.05, 3.63) is 170 Å². The number of aliphatic hydroxyl groups is 1. The molecule has 0 radical (unpaired) electrons. The van der Waals surface area contributed by atoms with Gasteiger partial charge in [-0.25, -0.2) is 14.4 Å². The number of benzene rings is 5. The second-order valence-corrected chi connectivity index (χ2v) is 25.9. The van der Waals surface area contributed by atoms with Gasteiger partial charge in [0.25, 0.3) is 23.2 Å². The van der Waals surface area contributed by atoms with Crippen LogP contribution in [0.4, 0.5) is 38.8 Å². The molecule has 2 atom stereocenters. The number of primary amides is 1. The summed E-state index contributed by atoms with van der Waals surface area (Å²) in [6, 6.07) is 33.6. The summed E-state index contributed by atoms with van der Waals surface area (Å²) in [7, 11) is 8.47. The number of nitro groups is 2. The van der Waals surface area contributed by atoms with Gasteiger partial charge in [-0.05, 0) is 195 Å². The van der Waals surface area contributed by atoms with Gasteiger partial charge in [-0.1, -0.05) is 32.9 Å². The summed E-state index contributed by atoms with van der Waals surface area (Å²) in [6.45, 7) is 17.8. The second-order valence-electron chi connectivity index (χ2n) is 25.9. The molecule has 2 amide bonds. The van der Waals surface area contributed by atoms with Crippen LogP contribution in [-0.4, -0.2) is 180 Å². The minimum absolute atomic E-state index is 0.0220. The zero-order chi connectivity index (χ0) is 67.9. The van der Waals surface area contributed by atoms with Crippen molar-refractivity contribution in [1.82, 2.24) is 34.9 Å². The van der Waals surface area contributed by atoms with E-state index in [1.54, 1.807) is 18.3 Å². The maximum Gasteiger partial charge on any atom is 0.271 e.